The van der Waals surface area contributed by atoms with E-state index in [2.05, 4.69) is 9.47 Å². The molecular formula is C10H5F4NO2. The molecule has 0 aromatic heterocycles. The average Bonchev–Trinajstić information content (AvgIpc) is 2.20. The molecule has 17 heavy (non-hydrogen) atoms. The van der Waals surface area contributed by atoms with Crippen molar-refractivity contribution < 1.29 is 27.0 Å². The van der Waals surface area contributed by atoms with E-state index < -0.39 is 23.7 Å². The molecule has 0 spiro atoms. The van der Waals surface area contributed by atoms with E-state index in [0.717, 1.165) is 12.1 Å². The van der Waals surface area contributed by atoms with Gasteiger partial charge in [0.05, 0.1) is 12.5 Å². The van der Waals surface area contributed by atoms with Crippen molar-refractivity contribution >= 4 is 0 Å². The maximum Gasteiger partial charge on any atom is 0.507 e. The number of nitriles is 1. The SMILES string of the molecule is N#CCc1ccc2c(c1)OC(F)(F)C(F)(F)O2. The number of nitrogens with zero attached hydrogens (tertiary/aromatic N) is 1. The topological polar surface area (TPSA) is 42.2 Å². The first-order chi connectivity index (χ1) is 7.86. The number of ether oxygens (including phenoxy) is 2. The minimum absolute atomic E-state index is 0.0431. The Morgan fingerprint density at radius 3 is 2.24 bits per heavy atom. The summed E-state index contributed by atoms with van der Waals surface area (Å²) in [7, 11) is 0. The van der Waals surface area contributed by atoms with E-state index in [0.29, 0.717) is 5.56 Å². The minimum atomic E-state index is -4.73. The fraction of sp³-hybridized carbons (Fsp3) is 0.300. The van der Waals surface area contributed by atoms with Gasteiger partial charge in [-0.1, -0.05) is 6.07 Å². The Kier molecular flexibility index (Phi) is 2.38. The Morgan fingerprint density at radius 1 is 1.06 bits per heavy atom. The predicted molar refractivity (Wildman–Crippen MR) is 46.9 cm³/mol. The van der Waals surface area contributed by atoms with E-state index in [1.54, 1.807) is 6.07 Å². The number of benzene rings is 1. The first kappa shape index (κ1) is 11.5. The number of alkyl halides is 4. The summed E-state index contributed by atoms with van der Waals surface area (Å²) >= 11 is 0. The highest BCUT2D eigenvalue weighted by Crippen LogP contribution is 2.46. The lowest BCUT2D eigenvalue weighted by Crippen LogP contribution is -2.52. The fourth-order valence-corrected chi connectivity index (χ4v) is 1.31. The zero-order valence-corrected chi connectivity index (χ0v) is 8.21. The number of hydrogen-bond donors (Lipinski definition) is 0. The smallest absolute Gasteiger partial charge is 0.421 e. The molecule has 0 amide bonds. The van der Waals surface area contributed by atoms with E-state index >= 15 is 0 Å². The van der Waals surface area contributed by atoms with Crippen LogP contribution in [0.5, 0.6) is 11.5 Å². The molecule has 1 aliphatic rings. The first-order valence-corrected chi connectivity index (χ1v) is 4.49. The predicted octanol–water partition coefficient (Wildman–Crippen LogP) is 2.71. The van der Waals surface area contributed by atoms with Gasteiger partial charge in [-0.15, -0.1) is 0 Å². The van der Waals surface area contributed by atoms with Crippen LogP contribution >= 0.6 is 0 Å². The number of hydrogen-bond acceptors (Lipinski definition) is 3. The molecule has 0 radical (unpaired) electrons. The monoisotopic (exact) mass is 247 g/mol. The van der Waals surface area contributed by atoms with Crippen molar-refractivity contribution in [3.63, 3.8) is 0 Å². The lowest BCUT2D eigenvalue weighted by molar-refractivity contribution is -0.391. The third-order valence-corrected chi connectivity index (χ3v) is 2.11. The van der Waals surface area contributed by atoms with Crippen LogP contribution in [0.2, 0.25) is 0 Å². The van der Waals surface area contributed by atoms with Gasteiger partial charge in [0.25, 0.3) is 0 Å². The second kappa shape index (κ2) is 3.52. The molecule has 0 atom stereocenters. The molecule has 2 rings (SSSR count). The zero-order valence-electron chi connectivity index (χ0n) is 8.21. The second-order valence-electron chi connectivity index (χ2n) is 3.35. The average molecular weight is 247 g/mol. The molecular weight excluding hydrogens is 242 g/mol. The molecule has 1 heterocycles. The van der Waals surface area contributed by atoms with E-state index in [1.807, 2.05) is 0 Å². The van der Waals surface area contributed by atoms with Crippen molar-refractivity contribution in [2.24, 2.45) is 0 Å². The Bertz CT molecular complexity index is 496. The Hall–Kier alpha value is -1.97. The van der Waals surface area contributed by atoms with Crippen LogP contribution in [-0.4, -0.2) is 12.2 Å². The molecule has 0 unspecified atom stereocenters. The molecule has 7 heteroatoms. The number of fused-ring (bicyclic) bond motifs is 1. The Labute approximate surface area is 93.2 Å². The lowest BCUT2D eigenvalue weighted by Gasteiger charge is -2.31. The molecule has 1 aromatic carbocycles. The molecule has 0 aliphatic carbocycles. The molecule has 0 saturated heterocycles. The maximum absolute atomic E-state index is 12.8. The summed E-state index contributed by atoms with van der Waals surface area (Å²) in [5, 5.41) is 8.42. The molecule has 0 bridgehead atoms. The highest BCUT2D eigenvalue weighted by molar-refractivity contribution is 5.45. The van der Waals surface area contributed by atoms with E-state index in [9.17, 15) is 17.6 Å². The van der Waals surface area contributed by atoms with Gasteiger partial charge < -0.3 is 9.47 Å². The summed E-state index contributed by atoms with van der Waals surface area (Å²) in [4.78, 5) is 0. The van der Waals surface area contributed by atoms with Gasteiger partial charge in [0.1, 0.15) is 0 Å². The first-order valence-electron chi connectivity index (χ1n) is 4.49. The normalized spacial score (nSPS) is 19.5. The number of halogens is 4. The lowest BCUT2D eigenvalue weighted by atomic mass is 10.1. The summed E-state index contributed by atoms with van der Waals surface area (Å²) in [6.45, 7) is 0. The van der Waals surface area contributed by atoms with E-state index in [4.69, 9.17) is 5.26 Å². The highest BCUT2D eigenvalue weighted by Gasteiger charge is 2.65. The summed E-state index contributed by atoms with van der Waals surface area (Å²) in [6, 6.07) is 5.25. The largest absolute Gasteiger partial charge is 0.507 e. The molecule has 1 aromatic rings. The molecule has 1 aliphatic heterocycles. The van der Waals surface area contributed by atoms with Gasteiger partial charge in [-0.2, -0.15) is 22.8 Å². The van der Waals surface area contributed by atoms with Crippen LogP contribution < -0.4 is 9.47 Å². The number of rotatable bonds is 1. The minimum Gasteiger partial charge on any atom is -0.421 e. The maximum atomic E-state index is 12.8. The van der Waals surface area contributed by atoms with Gasteiger partial charge in [-0.3, -0.25) is 0 Å². The molecule has 90 valence electrons. The Morgan fingerprint density at radius 2 is 1.65 bits per heavy atom. The fourth-order valence-electron chi connectivity index (χ4n) is 1.31. The summed E-state index contributed by atoms with van der Waals surface area (Å²) < 4.78 is 58.9. The summed E-state index contributed by atoms with van der Waals surface area (Å²) in [6.07, 6.45) is -9.49. The van der Waals surface area contributed by atoms with Crippen LogP contribution in [0.15, 0.2) is 18.2 Å². The molecule has 0 fully saturated rings. The standard InChI is InChI=1S/C10H5F4NO2/c11-9(12)10(13,14)17-8-5-6(3-4-15)1-2-7(8)16-9/h1-2,5H,3H2. The van der Waals surface area contributed by atoms with Crippen molar-refractivity contribution in [2.45, 2.75) is 18.6 Å². The highest BCUT2D eigenvalue weighted by atomic mass is 19.3. The molecule has 0 saturated carbocycles. The van der Waals surface area contributed by atoms with Crippen LogP contribution in [0.4, 0.5) is 17.6 Å². The second-order valence-corrected chi connectivity index (χ2v) is 3.35. The van der Waals surface area contributed by atoms with Gasteiger partial charge in [0.15, 0.2) is 11.5 Å². The van der Waals surface area contributed by atoms with Crippen LogP contribution in [-0.2, 0) is 6.42 Å². The van der Waals surface area contributed by atoms with Crippen molar-refractivity contribution in [2.75, 3.05) is 0 Å². The van der Waals surface area contributed by atoms with Crippen LogP contribution in [0.1, 0.15) is 5.56 Å². The third-order valence-electron chi connectivity index (χ3n) is 2.11. The van der Waals surface area contributed by atoms with Crippen LogP contribution in [0, 0.1) is 11.3 Å². The Balaban J connectivity index is 2.40. The van der Waals surface area contributed by atoms with Gasteiger partial charge in [-0.05, 0) is 17.7 Å². The third kappa shape index (κ3) is 1.86. The van der Waals surface area contributed by atoms with Gasteiger partial charge in [0, 0.05) is 0 Å². The van der Waals surface area contributed by atoms with E-state index in [1.165, 1.54) is 6.07 Å². The van der Waals surface area contributed by atoms with Crippen LogP contribution in [0.25, 0.3) is 0 Å². The molecule has 3 nitrogen and oxygen atoms in total. The van der Waals surface area contributed by atoms with Gasteiger partial charge >= 0.3 is 12.2 Å². The summed E-state index contributed by atoms with van der Waals surface area (Å²) in [5.41, 5.74) is 0.371. The molecule has 0 N–H and O–H groups in total. The quantitative estimate of drug-likeness (QED) is 0.716. The van der Waals surface area contributed by atoms with E-state index in [-0.39, 0.29) is 6.42 Å². The van der Waals surface area contributed by atoms with Crippen molar-refractivity contribution in [1.82, 2.24) is 0 Å². The van der Waals surface area contributed by atoms with Gasteiger partial charge in [-0.25, -0.2) is 0 Å². The van der Waals surface area contributed by atoms with Crippen LogP contribution in [0.3, 0.4) is 0 Å². The zero-order chi connectivity index (χ0) is 12.7. The van der Waals surface area contributed by atoms with Crippen molar-refractivity contribution in [3.05, 3.63) is 23.8 Å². The van der Waals surface area contributed by atoms with Crippen molar-refractivity contribution in [3.8, 4) is 17.6 Å². The van der Waals surface area contributed by atoms with Gasteiger partial charge in [0.2, 0.25) is 0 Å². The van der Waals surface area contributed by atoms with Crippen molar-refractivity contribution in [1.29, 1.82) is 5.26 Å². The summed E-state index contributed by atoms with van der Waals surface area (Å²) in [5.74, 6) is -0.990.